The van der Waals surface area contributed by atoms with Crippen LogP contribution in [0.4, 0.5) is 10.1 Å². The van der Waals surface area contributed by atoms with E-state index in [0.29, 0.717) is 34.3 Å². The lowest BCUT2D eigenvalue weighted by Crippen LogP contribution is -2.37. The Labute approximate surface area is 195 Å². The van der Waals surface area contributed by atoms with E-state index in [2.05, 4.69) is 0 Å². The molecular weight excluding hydrogens is 445 g/mol. The van der Waals surface area contributed by atoms with Crippen LogP contribution in [0.3, 0.4) is 0 Å². The topological polar surface area (TPSA) is 55.8 Å². The highest BCUT2D eigenvalue weighted by Gasteiger charge is 2.42. The first-order chi connectivity index (χ1) is 16.0. The lowest BCUT2D eigenvalue weighted by atomic mass is 9.84. The molecule has 0 bridgehead atoms. The molecule has 0 aromatic heterocycles. The third kappa shape index (κ3) is 4.22. The molecule has 0 saturated carbocycles. The number of esters is 1. The Balaban J connectivity index is 1.39. The normalized spacial score (nSPS) is 17.8. The van der Waals surface area contributed by atoms with Crippen molar-refractivity contribution in [2.75, 3.05) is 11.5 Å². The molecule has 0 aliphatic carbocycles. The number of amides is 1. The smallest absolute Gasteiger partial charge is 0.336 e. The summed E-state index contributed by atoms with van der Waals surface area (Å²) in [5.74, 6) is -0.599. The van der Waals surface area contributed by atoms with Crippen LogP contribution in [0.1, 0.15) is 23.5 Å². The number of halogens is 2. The molecule has 3 aromatic rings. The van der Waals surface area contributed by atoms with E-state index in [4.69, 9.17) is 21.1 Å². The van der Waals surface area contributed by atoms with Gasteiger partial charge in [-0.25, -0.2) is 9.18 Å². The van der Waals surface area contributed by atoms with Crippen LogP contribution < -0.4 is 9.64 Å². The standard InChI is InChI=1S/C26H19ClFNO4/c27-18-2-1-3-20(12-18)29-23-15-33-26(31)25(23)22(13-24(29)30)17-6-10-21(11-7-17)32-14-16-4-8-19(28)9-5-16/h1-12,22H,13-15H2. The maximum atomic E-state index is 13.1. The number of nitrogens with zero attached hydrogens (tertiary/aromatic N) is 1. The molecular formula is C26H19ClFNO4. The van der Waals surface area contributed by atoms with E-state index in [-0.39, 0.29) is 24.8 Å². The van der Waals surface area contributed by atoms with Gasteiger partial charge in [0, 0.05) is 17.4 Å². The number of anilines is 1. The Hall–Kier alpha value is -3.64. The van der Waals surface area contributed by atoms with Gasteiger partial charge in [0.05, 0.1) is 17.0 Å². The number of hydrogen-bond donors (Lipinski definition) is 0. The molecule has 2 aliphatic heterocycles. The molecule has 0 N–H and O–H groups in total. The van der Waals surface area contributed by atoms with Gasteiger partial charge in [-0.05, 0) is 53.6 Å². The zero-order valence-corrected chi connectivity index (χ0v) is 18.2. The summed E-state index contributed by atoms with van der Waals surface area (Å²) in [6, 6.07) is 20.4. The lowest BCUT2D eigenvalue weighted by Gasteiger charge is -2.32. The van der Waals surface area contributed by atoms with E-state index in [1.807, 2.05) is 12.1 Å². The number of ether oxygens (including phenoxy) is 2. The Morgan fingerprint density at radius 3 is 2.52 bits per heavy atom. The summed E-state index contributed by atoms with van der Waals surface area (Å²) >= 11 is 6.11. The molecule has 2 aliphatic rings. The van der Waals surface area contributed by atoms with Gasteiger partial charge >= 0.3 is 5.97 Å². The molecule has 0 saturated heterocycles. The second-order valence-electron chi connectivity index (χ2n) is 7.89. The first kappa shape index (κ1) is 21.2. The fraction of sp³-hybridized carbons (Fsp3) is 0.154. The van der Waals surface area contributed by atoms with E-state index in [1.165, 1.54) is 17.0 Å². The van der Waals surface area contributed by atoms with Crippen molar-refractivity contribution in [1.29, 1.82) is 0 Å². The van der Waals surface area contributed by atoms with Crippen molar-refractivity contribution in [2.45, 2.75) is 18.9 Å². The van der Waals surface area contributed by atoms with Gasteiger partial charge in [-0.15, -0.1) is 0 Å². The van der Waals surface area contributed by atoms with Crippen LogP contribution in [0.5, 0.6) is 5.75 Å². The van der Waals surface area contributed by atoms with Crippen LogP contribution in [-0.4, -0.2) is 18.5 Å². The highest BCUT2D eigenvalue weighted by atomic mass is 35.5. The van der Waals surface area contributed by atoms with E-state index < -0.39 is 11.9 Å². The van der Waals surface area contributed by atoms with E-state index in [1.54, 1.807) is 48.5 Å². The van der Waals surface area contributed by atoms with Crippen LogP contribution in [-0.2, 0) is 20.9 Å². The van der Waals surface area contributed by atoms with Gasteiger partial charge < -0.3 is 9.47 Å². The summed E-state index contributed by atoms with van der Waals surface area (Å²) in [5.41, 5.74) is 3.34. The third-order valence-corrected chi connectivity index (χ3v) is 6.02. The van der Waals surface area contributed by atoms with Gasteiger partial charge in [0.25, 0.3) is 0 Å². The van der Waals surface area contributed by atoms with E-state index >= 15 is 0 Å². The van der Waals surface area contributed by atoms with Crippen molar-refractivity contribution < 1.29 is 23.5 Å². The monoisotopic (exact) mass is 463 g/mol. The average molecular weight is 464 g/mol. The highest BCUT2D eigenvalue weighted by molar-refractivity contribution is 6.31. The molecule has 7 heteroatoms. The Bertz CT molecular complexity index is 1250. The third-order valence-electron chi connectivity index (χ3n) is 5.78. The quantitative estimate of drug-likeness (QED) is 0.476. The van der Waals surface area contributed by atoms with Crippen LogP contribution in [0.2, 0.25) is 5.02 Å². The first-order valence-corrected chi connectivity index (χ1v) is 10.8. The Morgan fingerprint density at radius 1 is 1.03 bits per heavy atom. The molecule has 1 unspecified atom stereocenters. The minimum atomic E-state index is -0.411. The molecule has 0 radical (unpaired) electrons. The number of benzene rings is 3. The summed E-state index contributed by atoms with van der Waals surface area (Å²) in [7, 11) is 0. The SMILES string of the molecule is O=C1OCC2=C1C(c1ccc(OCc3ccc(F)cc3)cc1)CC(=O)N2c1cccc(Cl)c1. The maximum Gasteiger partial charge on any atom is 0.336 e. The van der Waals surface area contributed by atoms with Crippen molar-refractivity contribution in [1.82, 2.24) is 0 Å². The predicted molar refractivity (Wildman–Crippen MR) is 121 cm³/mol. The van der Waals surface area contributed by atoms with Gasteiger partial charge in [0.15, 0.2) is 0 Å². The summed E-state index contributed by atoms with van der Waals surface area (Å²) in [4.78, 5) is 27.2. The molecule has 0 spiro atoms. The van der Waals surface area contributed by atoms with Crippen molar-refractivity contribution in [2.24, 2.45) is 0 Å². The summed E-state index contributed by atoms with van der Waals surface area (Å²) < 4.78 is 24.1. The van der Waals surface area contributed by atoms with Crippen molar-refractivity contribution in [3.8, 4) is 5.75 Å². The summed E-state index contributed by atoms with van der Waals surface area (Å²) in [5, 5.41) is 0.506. The van der Waals surface area contributed by atoms with Crippen LogP contribution in [0, 0.1) is 5.82 Å². The molecule has 166 valence electrons. The van der Waals surface area contributed by atoms with Gasteiger partial charge in [0.2, 0.25) is 5.91 Å². The van der Waals surface area contributed by atoms with Crippen LogP contribution in [0.25, 0.3) is 0 Å². The molecule has 1 amide bonds. The molecule has 5 nitrogen and oxygen atoms in total. The van der Waals surface area contributed by atoms with Crippen LogP contribution >= 0.6 is 11.6 Å². The second-order valence-corrected chi connectivity index (χ2v) is 8.32. The van der Waals surface area contributed by atoms with Crippen molar-refractivity contribution >= 4 is 29.2 Å². The molecule has 5 rings (SSSR count). The molecule has 33 heavy (non-hydrogen) atoms. The molecule has 2 heterocycles. The summed E-state index contributed by atoms with van der Waals surface area (Å²) in [6.07, 6.45) is 0.135. The Morgan fingerprint density at radius 2 is 1.79 bits per heavy atom. The highest BCUT2D eigenvalue weighted by Crippen LogP contribution is 2.42. The molecule has 1 atom stereocenters. The average Bonchev–Trinajstić information content (AvgIpc) is 3.20. The summed E-state index contributed by atoms with van der Waals surface area (Å²) in [6.45, 7) is 0.347. The maximum absolute atomic E-state index is 13.1. The van der Waals surface area contributed by atoms with Crippen molar-refractivity contribution in [3.63, 3.8) is 0 Å². The van der Waals surface area contributed by atoms with Gasteiger partial charge in [0.1, 0.15) is 24.8 Å². The number of hydrogen-bond acceptors (Lipinski definition) is 4. The second kappa shape index (κ2) is 8.71. The number of carbonyl (C=O) groups is 2. The van der Waals surface area contributed by atoms with Crippen molar-refractivity contribution in [3.05, 3.63) is 106 Å². The zero-order valence-electron chi connectivity index (χ0n) is 17.5. The van der Waals surface area contributed by atoms with Gasteiger partial charge in [-0.1, -0.05) is 41.9 Å². The molecule has 3 aromatic carbocycles. The van der Waals surface area contributed by atoms with E-state index in [9.17, 15) is 14.0 Å². The minimum Gasteiger partial charge on any atom is -0.489 e. The van der Waals surface area contributed by atoms with Gasteiger partial charge in [-0.2, -0.15) is 0 Å². The largest absolute Gasteiger partial charge is 0.489 e. The Kier molecular flexibility index (Phi) is 5.60. The predicted octanol–water partition coefficient (Wildman–Crippen LogP) is 5.39. The van der Waals surface area contributed by atoms with E-state index in [0.717, 1.165) is 11.1 Å². The zero-order chi connectivity index (χ0) is 22.9. The molecule has 0 fully saturated rings. The lowest BCUT2D eigenvalue weighted by molar-refractivity contribution is -0.136. The minimum absolute atomic E-state index is 0.0434. The van der Waals surface area contributed by atoms with Crippen LogP contribution in [0.15, 0.2) is 84.1 Å². The first-order valence-electron chi connectivity index (χ1n) is 10.5. The fourth-order valence-corrected chi connectivity index (χ4v) is 4.38. The number of rotatable bonds is 5. The fourth-order valence-electron chi connectivity index (χ4n) is 4.20. The van der Waals surface area contributed by atoms with Gasteiger partial charge in [-0.3, -0.25) is 9.69 Å². The number of cyclic esters (lactones) is 1. The number of carbonyl (C=O) groups excluding carboxylic acids is 2.